The fraction of sp³-hybridized carbons (Fsp3) is 0.333. The first-order valence-corrected chi connectivity index (χ1v) is 9.72. The molecule has 1 aliphatic carbocycles. The molecule has 25 heavy (non-hydrogen) atoms. The van der Waals surface area contributed by atoms with E-state index < -0.39 is 15.9 Å². The molecule has 130 valence electrons. The first kappa shape index (κ1) is 17.6. The molecule has 1 aliphatic rings. The molecule has 1 N–H and O–H groups in total. The van der Waals surface area contributed by atoms with E-state index in [-0.39, 0.29) is 16.9 Å². The van der Waals surface area contributed by atoms with Crippen LogP contribution < -0.4 is 4.72 Å². The average molecular weight is 424 g/mol. The molecule has 0 saturated heterocycles. The lowest BCUT2D eigenvalue weighted by molar-refractivity contribution is -0.118. The van der Waals surface area contributed by atoms with Crippen molar-refractivity contribution in [3.8, 4) is 6.07 Å². The minimum atomic E-state index is -4.08. The number of rotatable bonds is 5. The quantitative estimate of drug-likeness (QED) is 0.775. The van der Waals surface area contributed by atoms with Gasteiger partial charge in [-0.15, -0.1) is 0 Å². The van der Waals surface area contributed by atoms with Crippen LogP contribution in [0.25, 0.3) is 0 Å². The number of sulfonamides is 1. The number of carbonyl (C=O) groups is 1. The van der Waals surface area contributed by atoms with Crippen molar-refractivity contribution in [1.82, 2.24) is 19.5 Å². The molecule has 8 nitrogen and oxygen atoms in total. The van der Waals surface area contributed by atoms with Crippen LogP contribution in [0.2, 0.25) is 0 Å². The van der Waals surface area contributed by atoms with E-state index in [1.165, 1.54) is 22.9 Å². The normalized spacial score (nSPS) is 14.1. The van der Waals surface area contributed by atoms with Gasteiger partial charge in [0.15, 0.2) is 5.82 Å². The monoisotopic (exact) mass is 423 g/mol. The molecule has 1 heterocycles. The van der Waals surface area contributed by atoms with Crippen molar-refractivity contribution in [3.63, 3.8) is 0 Å². The first-order valence-electron chi connectivity index (χ1n) is 7.44. The topological polar surface area (TPSA) is 118 Å². The number of benzene rings is 1. The average Bonchev–Trinajstić information content (AvgIpc) is 3.31. The summed E-state index contributed by atoms with van der Waals surface area (Å²) in [4.78, 5) is 16.3. The molecule has 0 radical (unpaired) electrons. The van der Waals surface area contributed by atoms with Gasteiger partial charge in [-0.1, -0.05) is 15.9 Å². The number of nitriles is 1. The minimum absolute atomic E-state index is 0.164. The summed E-state index contributed by atoms with van der Waals surface area (Å²) in [6, 6.07) is 5.88. The fourth-order valence-corrected chi connectivity index (χ4v) is 3.98. The highest BCUT2D eigenvalue weighted by Gasteiger charge is 2.29. The van der Waals surface area contributed by atoms with Gasteiger partial charge < -0.3 is 0 Å². The van der Waals surface area contributed by atoms with E-state index in [1.54, 1.807) is 7.05 Å². The molecule has 1 saturated carbocycles. The SMILES string of the molecule is Cn1nc(C2CC2)nc1CC(=O)NS(=O)(=O)c1cc(Br)cc(C#N)c1. The van der Waals surface area contributed by atoms with Crippen LogP contribution in [-0.2, 0) is 28.3 Å². The summed E-state index contributed by atoms with van der Waals surface area (Å²) in [6.45, 7) is 0. The second-order valence-electron chi connectivity index (χ2n) is 5.78. The third-order valence-electron chi connectivity index (χ3n) is 3.69. The smallest absolute Gasteiger partial charge is 0.264 e. The summed E-state index contributed by atoms with van der Waals surface area (Å²) in [5, 5.41) is 13.2. The molecule has 0 unspecified atom stereocenters. The van der Waals surface area contributed by atoms with Crippen molar-refractivity contribution in [2.24, 2.45) is 7.05 Å². The van der Waals surface area contributed by atoms with Crippen molar-refractivity contribution in [1.29, 1.82) is 5.26 Å². The molecule has 10 heteroatoms. The zero-order valence-electron chi connectivity index (χ0n) is 13.2. The number of hydrogen-bond acceptors (Lipinski definition) is 6. The third-order valence-corrected chi connectivity index (χ3v) is 5.50. The summed E-state index contributed by atoms with van der Waals surface area (Å²) < 4.78 is 28.6. The Labute approximate surface area is 153 Å². The van der Waals surface area contributed by atoms with Gasteiger partial charge in [0.2, 0.25) is 5.91 Å². The molecule has 2 aromatic rings. The summed E-state index contributed by atoms with van der Waals surface area (Å²) in [5.74, 6) is 0.731. The molecule has 1 aromatic heterocycles. The van der Waals surface area contributed by atoms with Crippen molar-refractivity contribution in [2.45, 2.75) is 30.1 Å². The molecular weight excluding hydrogens is 410 g/mol. The van der Waals surface area contributed by atoms with Crippen LogP contribution >= 0.6 is 15.9 Å². The van der Waals surface area contributed by atoms with E-state index in [2.05, 4.69) is 26.0 Å². The second-order valence-corrected chi connectivity index (χ2v) is 8.38. The predicted molar refractivity (Wildman–Crippen MR) is 90.9 cm³/mol. The Bertz CT molecular complexity index is 989. The summed E-state index contributed by atoms with van der Waals surface area (Å²) in [7, 11) is -2.41. The summed E-state index contributed by atoms with van der Waals surface area (Å²) >= 11 is 3.15. The van der Waals surface area contributed by atoms with Crippen LogP contribution in [0.4, 0.5) is 0 Å². The zero-order valence-corrected chi connectivity index (χ0v) is 15.6. The minimum Gasteiger partial charge on any atom is -0.274 e. The number of aromatic nitrogens is 3. The highest BCUT2D eigenvalue weighted by molar-refractivity contribution is 9.10. The van der Waals surface area contributed by atoms with Crippen LogP contribution in [0.1, 0.15) is 36.0 Å². The van der Waals surface area contributed by atoms with Crippen LogP contribution in [-0.4, -0.2) is 29.1 Å². The van der Waals surface area contributed by atoms with Gasteiger partial charge in [0, 0.05) is 17.4 Å². The molecule has 1 aromatic carbocycles. The molecular formula is C15H14BrN5O3S. The lowest BCUT2D eigenvalue weighted by atomic mass is 10.2. The number of nitrogens with zero attached hydrogens (tertiary/aromatic N) is 4. The Morgan fingerprint density at radius 1 is 1.44 bits per heavy atom. The van der Waals surface area contributed by atoms with Gasteiger partial charge in [-0.2, -0.15) is 10.4 Å². The molecule has 0 spiro atoms. The van der Waals surface area contributed by atoms with Crippen LogP contribution in [0.15, 0.2) is 27.6 Å². The van der Waals surface area contributed by atoms with Gasteiger partial charge in [0.1, 0.15) is 5.82 Å². The van der Waals surface area contributed by atoms with Gasteiger partial charge in [-0.05, 0) is 31.0 Å². The maximum absolute atomic E-state index is 12.4. The standard InChI is InChI=1S/C15H14BrN5O3S/c1-21-13(18-15(19-21)10-2-3-10)7-14(22)20-25(23,24)12-5-9(8-17)4-11(16)6-12/h4-6,10H,2-3,7H2,1H3,(H,20,22). The van der Waals surface area contributed by atoms with Crippen molar-refractivity contribution < 1.29 is 13.2 Å². The Hall–Kier alpha value is -2.25. The molecule has 0 bridgehead atoms. The number of aryl methyl sites for hydroxylation is 1. The Balaban J connectivity index is 1.75. The van der Waals surface area contributed by atoms with E-state index in [0.29, 0.717) is 22.0 Å². The Morgan fingerprint density at radius 2 is 2.16 bits per heavy atom. The van der Waals surface area contributed by atoms with Crippen LogP contribution in [0, 0.1) is 11.3 Å². The lowest BCUT2D eigenvalue weighted by Gasteiger charge is -2.07. The maximum atomic E-state index is 12.4. The van der Waals surface area contributed by atoms with Crippen molar-refractivity contribution >= 4 is 31.9 Å². The van der Waals surface area contributed by atoms with Gasteiger partial charge in [-0.3, -0.25) is 9.48 Å². The van der Waals surface area contributed by atoms with Gasteiger partial charge in [0.05, 0.1) is 22.9 Å². The van der Waals surface area contributed by atoms with E-state index in [0.717, 1.165) is 12.8 Å². The highest BCUT2D eigenvalue weighted by atomic mass is 79.9. The van der Waals surface area contributed by atoms with Gasteiger partial charge in [-0.25, -0.2) is 18.1 Å². The van der Waals surface area contributed by atoms with E-state index >= 15 is 0 Å². The van der Waals surface area contributed by atoms with Crippen molar-refractivity contribution in [3.05, 3.63) is 39.9 Å². The second kappa shape index (κ2) is 6.57. The highest BCUT2D eigenvalue weighted by Crippen LogP contribution is 2.38. The molecule has 0 aliphatic heterocycles. The molecule has 1 fully saturated rings. The predicted octanol–water partition coefficient (Wildman–Crippen LogP) is 1.37. The van der Waals surface area contributed by atoms with Crippen LogP contribution in [0.5, 0.6) is 0 Å². The number of halogens is 1. The molecule has 1 amide bonds. The van der Waals surface area contributed by atoms with Gasteiger partial charge >= 0.3 is 0 Å². The number of carbonyl (C=O) groups excluding carboxylic acids is 1. The molecule has 3 rings (SSSR count). The lowest BCUT2D eigenvalue weighted by Crippen LogP contribution is -2.32. The number of hydrogen-bond donors (Lipinski definition) is 1. The van der Waals surface area contributed by atoms with E-state index in [4.69, 9.17) is 5.26 Å². The number of amides is 1. The van der Waals surface area contributed by atoms with Crippen molar-refractivity contribution in [2.75, 3.05) is 0 Å². The van der Waals surface area contributed by atoms with E-state index in [1.807, 2.05) is 10.8 Å². The largest absolute Gasteiger partial charge is 0.274 e. The Kier molecular flexibility index (Phi) is 4.62. The van der Waals surface area contributed by atoms with E-state index in [9.17, 15) is 13.2 Å². The molecule has 0 atom stereocenters. The summed E-state index contributed by atoms with van der Waals surface area (Å²) in [6.07, 6.45) is 1.87. The fourth-order valence-electron chi connectivity index (χ4n) is 2.28. The first-order chi connectivity index (χ1) is 11.8. The maximum Gasteiger partial charge on any atom is 0.264 e. The summed E-state index contributed by atoms with van der Waals surface area (Å²) in [5.41, 5.74) is 0.171. The number of nitrogens with one attached hydrogen (secondary N) is 1. The van der Waals surface area contributed by atoms with Crippen LogP contribution in [0.3, 0.4) is 0 Å². The van der Waals surface area contributed by atoms with Gasteiger partial charge in [0.25, 0.3) is 10.0 Å². The third kappa shape index (κ3) is 4.05. The Morgan fingerprint density at radius 3 is 2.80 bits per heavy atom. The zero-order chi connectivity index (χ0) is 18.2.